The highest BCUT2D eigenvalue weighted by Crippen LogP contribution is 2.24. The first-order chi connectivity index (χ1) is 8.17. The van der Waals surface area contributed by atoms with Gasteiger partial charge in [0.2, 0.25) is 0 Å². The maximum atomic E-state index is 4.58. The molecule has 2 rings (SSSR count). The molecule has 0 fully saturated rings. The molecule has 0 unspecified atom stereocenters. The van der Waals surface area contributed by atoms with Crippen molar-refractivity contribution in [3.63, 3.8) is 0 Å². The third kappa shape index (κ3) is 2.41. The van der Waals surface area contributed by atoms with E-state index in [4.69, 9.17) is 0 Å². The number of rotatable bonds is 4. The summed E-state index contributed by atoms with van der Waals surface area (Å²) in [6, 6.07) is 6.80. The first kappa shape index (κ1) is 12.7. The Morgan fingerprint density at radius 2 is 2.06 bits per heavy atom. The number of hydrogen-bond acceptors (Lipinski definition) is 2. The second-order valence-corrected chi connectivity index (χ2v) is 5.37. The predicted octanol–water partition coefficient (Wildman–Crippen LogP) is 3.85. The Morgan fingerprint density at radius 3 is 2.71 bits per heavy atom. The van der Waals surface area contributed by atoms with Crippen LogP contribution in [0.2, 0.25) is 0 Å². The summed E-state index contributed by atoms with van der Waals surface area (Å²) in [6.07, 6.45) is 2.27. The van der Waals surface area contributed by atoms with Gasteiger partial charge in [0.25, 0.3) is 0 Å². The highest BCUT2D eigenvalue weighted by Gasteiger charge is 2.13. The van der Waals surface area contributed by atoms with E-state index >= 15 is 0 Å². The second kappa shape index (κ2) is 5.25. The molecule has 17 heavy (non-hydrogen) atoms. The van der Waals surface area contributed by atoms with E-state index in [9.17, 15) is 0 Å². The molecular weight excluding hydrogens is 325 g/mol. The standard InChI is InChI=1S/C13H18IN3/c1-4-10(5-2)15-13-9(3)16-17-11(13)7-6-8-12(17)14/h6-8,10,15H,4-5H2,1-3H3. The van der Waals surface area contributed by atoms with E-state index in [-0.39, 0.29) is 0 Å². The van der Waals surface area contributed by atoms with Gasteiger partial charge in [0.05, 0.1) is 16.9 Å². The van der Waals surface area contributed by atoms with E-state index < -0.39 is 0 Å². The van der Waals surface area contributed by atoms with Gasteiger partial charge >= 0.3 is 0 Å². The molecule has 0 bridgehead atoms. The predicted molar refractivity (Wildman–Crippen MR) is 80.6 cm³/mol. The van der Waals surface area contributed by atoms with Gasteiger partial charge in [0.15, 0.2) is 0 Å². The number of aromatic nitrogens is 2. The quantitative estimate of drug-likeness (QED) is 0.675. The summed E-state index contributed by atoms with van der Waals surface area (Å²) >= 11 is 2.31. The molecule has 2 aromatic heterocycles. The molecule has 0 aromatic carbocycles. The fourth-order valence-corrected chi connectivity index (χ4v) is 2.60. The van der Waals surface area contributed by atoms with E-state index in [0.717, 1.165) is 22.2 Å². The van der Waals surface area contributed by atoms with E-state index in [2.05, 4.69) is 72.0 Å². The summed E-state index contributed by atoms with van der Waals surface area (Å²) in [7, 11) is 0. The topological polar surface area (TPSA) is 29.3 Å². The number of halogens is 1. The molecule has 2 heterocycles. The van der Waals surface area contributed by atoms with E-state index in [1.54, 1.807) is 0 Å². The van der Waals surface area contributed by atoms with Crippen LogP contribution in [-0.2, 0) is 0 Å². The summed E-state index contributed by atoms with van der Waals surface area (Å²) in [6.45, 7) is 6.49. The Bertz CT molecular complexity index is 515. The molecule has 0 amide bonds. The van der Waals surface area contributed by atoms with Gasteiger partial charge in [-0.15, -0.1) is 0 Å². The monoisotopic (exact) mass is 343 g/mol. The molecule has 3 nitrogen and oxygen atoms in total. The lowest BCUT2D eigenvalue weighted by Gasteiger charge is -2.15. The lowest BCUT2D eigenvalue weighted by molar-refractivity contribution is 0.672. The van der Waals surface area contributed by atoms with Gasteiger partial charge in [-0.25, -0.2) is 4.52 Å². The van der Waals surface area contributed by atoms with Crippen LogP contribution in [0.5, 0.6) is 0 Å². The lowest BCUT2D eigenvalue weighted by atomic mass is 10.1. The van der Waals surface area contributed by atoms with Crippen LogP contribution in [0.4, 0.5) is 5.69 Å². The van der Waals surface area contributed by atoms with Gasteiger partial charge in [-0.1, -0.05) is 19.9 Å². The van der Waals surface area contributed by atoms with Crippen molar-refractivity contribution in [3.8, 4) is 0 Å². The van der Waals surface area contributed by atoms with Crippen LogP contribution >= 0.6 is 22.6 Å². The minimum absolute atomic E-state index is 0.527. The number of hydrogen-bond donors (Lipinski definition) is 1. The highest BCUT2D eigenvalue weighted by atomic mass is 127. The van der Waals surface area contributed by atoms with Gasteiger partial charge < -0.3 is 5.32 Å². The van der Waals surface area contributed by atoms with E-state index in [1.807, 2.05) is 4.52 Å². The zero-order chi connectivity index (χ0) is 12.4. The molecule has 0 aliphatic heterocycles. The van der Waals surface area contributed by atoms with E-state index in [0.29, 0.717) is 6.04 Å². The number of aryl methyl sites for hydroxylation is 1. The molecule has 0 atom stereocenters. The maximum absolute atomic E-state index is 4.58. The van der Waals surface area contributed by atoms with Crippen molar-refractivity contribution in [2.24, 2.45) is 0 Å². The van der Waals surface area contributed by atoms with Crippen LogP contribution in [0.25, 0.3) is 5.52 Å². The number of nitrogens with one attached hydrogen (secondary N) is 1. The van der Waals surface area contributed by atoms with Gasteiger partial charge in [-0.3, -0.25) is 0 Å². The maximum Gasteiger partial charge on any atom is 0.103 e. The Balaban J connectivity index is 2.46. The van der Waals surface area contributed by atoms with Crippen molar-refractivity contribution in [2.75, 3.05) is 5.32 Å². The smallest absolute Gasteiger partial charge is 0.103 e. The van der Waals surface area contributed by atoms with Gasteiger partial charge in [-0.05, 0) is 54.5 Å². The molecule has 0 aliphatic rings. The van der Waals surface area contributed by atoms with Crippen molar-refractivity contribution in [2.45, 2.75) is 39.7 Å². The van der Waals surface area contributed by atoms with E-state index in [1.165, 1.54) is 11.2 Å². The Labute approximate surface area is 116 Å². The SMILES string of the molecule is CCC(CC)Nc1c(C)nn2c(I)cccc12. The zero-order valence-corrected chi connectivity index (χ0v) is 12.7. The van der Waals surface area contributed by atoms with Gasteiger partial charge in [-0.2, -0.15) is 5.10 Å². The highest BCUT2D eigenvalue weighted by molar-refractivity contribution is 14.1. The van der Waals surface area contributed by atoms with Crippen molar-refractivity contribution in [1.29, 1.82) is 0 Å². The molecule has 0 saturated carbocycles. The van der Waals surface area contributed by atoms with Gasteiger partial charge in [0, 0.05) is 6.04 Å². The fraction of sp³-hybridized carbons (Fsp3) is 0.462. The van der Waals surface area contributed by atoms with Crippen LogP contribution in [0, 0.1) is 10.6 Å². The van der Waals surface area contributed by atoms with Crippen molar-refractivity contribution in [3.05, 3.63) is 27.6 Å². The molecule has 0 spiro atoms. The Kier molecular flexibility index (Phi) is 3.91. The minimum Gasteiger partial charge on any atom is -0.379 e. The molecule has 0 saturated heterocycles. The molecule has 4 heteroatoms. The lowest BCUT2D eigenvalue weighted by Crippen LogP contribution is -2.17. The van der Waals surface area contributed by atoms with Crippen LogP contribution in [0.1, 0.15) is 32.4 Å². The molecule has 1 N–H and O–H groups in total. The normalized spacial score (nSPS) is 11.4. The van der Waals surface area contributed by atoms with Crippen molar-refractivity contribution in [1.82, 2.24) is 9.61 Å². The van der Waals surface area contributed by atoms with Crippen LogP contribution < -0.4 is 5.32 Å². The van der Waals surface area contributed by atoms with Crippen LogP contribution in [0.15, 0.2) is 18.2 Å². The average molecular weight is 343 g/mol. The number of nitrogens with zero attached hydrogens (tertiary/aromatic N) is 2. The van der Waals surface area contributed by atoms with Crippen molar-refractivity contribution < 1.29 is 0 Å². The molecule has 0 radical (unpaired) electrons. The number of fused-ring (bicyclic) bond motifs is 1. The average Bonchev–Trinajstić information content (AvgIpc) is 2.64. The van der Waals surface area contributed by atoms with Crippen LogP contribution in [0.3, 0.4) is 0 Å². The summed E-state index contributed by atoms with van der Waals surface area (Å²) in [5.41, 5.74) is 3.42. The van der Waals surface area contributed by atoms with Crippen LogP contribution in [-0.4, -0.2) is 15.7 Å². The molecule has 92 valence electrons. The first-order valence-corrected chi connectivity index (χ1v) is 7.15. The Hall–Kier alpha value is -0.780. The largest absolute Gasteiger partial charge is 0.379 e. The fourth-order valence-electron chi connectivity index (χ4n) is 2.03. The Morgan fingerprint density at radius 1 is 1.35 bits per heavy atom. The summed E-state index contributed by atoms with van der Waals surface area (Å²) in [5, 5.41) is 8.19. The third-order valence-corrected chi connectivity index (χ3v) is 3.94. The first-order valence-electron chi connectivity index (χ1n) is 6.07. The van der Waals surface area contributed by atoms with Crippen molar-refractivity contribution >= 4 is 33.8 Å². The minimum atomic E-state index is 0.527. The molecule has 2 aromatic rings. The number of anilines is 1. The second-order valence-electron chi connectivity index (χ2n) is 4.26. The van der Waals surface area contributed by atoms with Gasteiger partial charge in [0.1, 0.15) is 3.70 Å². The summed E-state index contributed by atoms with van der Waals surface area (Å²) < 4.78 is 3.14. The molecular formula is C13H18IN3. The summed E-state index contributed by atoms with van der Waals surface area (Å²) in [4.78, 5) is 0. The summed E-state index contributed by atoms with van der Waals surface area (Å²) in [5.74, 6) is 0. The number of pyridine rings is 1. The zero-order valence-electron chi connectivity index (χ0n) is 10.5. The molecule has 0 aliphatic carbocycles. The third-order valence-electron chi connectivity index (χ3n) is 3.12.